The van der Waals surface area contributed by atoms with Gasteiger partial charge < -0.3 is 15.4 Å². The summed E-state index contributed by atoms with van der Waals surface area (Å²) in [6.07, 6.45) is -1.17. The molecule has 0 spiro atoms. The number of carbonyl (C=O) groups excluding carboxylic acids is 2. The molecule has 1 atom stereocenters. The number of cyclic esters (lactones) is 1. The molecule has 0 radical (unpaired) electrons. The van der Waals surface area contributed by atoms with Crippen LogP contribution in [0.15, 0.2) is 47.3 Å². The highest BCUT2D eigenvalue weighted by Gasteiger charge is 2.32. The number of carbonyl (C=O) groups is 2. The summed E-state index contributed by atoms with van der Waals surface area (Å²) in [6.45, 7) is 1.69. The van der Waals surface area contributed by atoms with E-state index in [2.05, 4.69) is 10.6 Å². The second-order valence-corrected chi connectivity index (χ2v) is 6.35. The molecule has 9 heteroatoms. The molecule has 8 nitrogen and oxygen atoms in total. The van der Waals surface area contributed by atoms with Crippen LogP contribution in [-0.2, 0) is 9.53 Å². The van der Waals surface area contributed by atoms with Crippen molar-refractivity contribution < 1.29 is 18.7 Å². The Hall–Kier alpha value is -3.93. The van der Waals surface area contributed by atoms with E-state index < -0.39 is 23.4 Å². The van der Waals surface area contributed by atoms with Gasteiger partial charge in [-0.05, 0) is 42.5 Å². The van der Waals surface area contributed by atoms with E-state index in [-0.39, 0.29) is 36.1 Å². The summed E-state index contributed by atoms with van der Waals surface area (Å²) in [7, 11) is 0. The largest absolute Gasteiger partial charge is 0.442 e. The third kappa shape index (κ3) is 4.68. The zero-order chi connectivity index (χ0) is 21.0. The first-order valence-electron chi connectivity index (χ1n) is 8.71. The van der Waals surface area contributed by atoms with E-state index in [1.54, 1.807) is 0 Å². The maximum atomic E-state index is 14.6. The highest BCUT2D eigenvalue weighted by molar-refractivity contribution is 5.90. The average molecular weight is 396 g/mol. The van der Waals surface area contributed by atoms with Crippen molar-refractivity contribution in [3.8, 4) is 6.07 Å². The smallest absolute Gasteiger partial charge is 0.414 e. The van der Waals surface area contributed by atoms with Gasteiger partial charge in [-0.25, -0.2) is 9.18 Å². The third-order valence-electron chi connectivity index (χ3n) is 4.22. The Balaban J connectivity index is 1.77. The molecular weight excluding hydrogens is 379 g/mol. The highest BCUT2D eigenvalue weighted by atomic mass is 19.1. The van der Waals surface area contributed by atoms with E-state index in [9.17, 15) is 18.8 Å². The van der Waals surface area contributed by atoms with E-state index in [0.29, 0.717) is 5.56 Å². The van der Waals surface area contributed by atoms with Gasteiger partial charge in [0.25, 0.3) is 0 Å². The van der Waals surface area contributed by atoms with Crippen molar-refractivity contribution in [1.82, 2.24) is 5.32 Å². The van der Waals surface area contributed by atoms with Crippen molar-refractivity contribution in [2.24, 2.45) is 0 Å². The number of hydrogen-bond acceptors (Lipinski definition) is 6. The Morgan fingerprint density at radius 1 is 1.24 bits per heavy atom. The lowest BCUT2D eigenvalue weighted by atomic mass is 10.2. The summed E-state index contributed by atoms with van der Waals surface area (Å²) in [6, 6.07) is 11.4. The zero-order valence-electron chi connectivity index (χ0n) is 15.4. The normalized spacial score (nSPS) is 15.4. The number of anilines is 3. The number of halogens is 1. The molecular formula is C20H17FN4O4. The molecule has 1 aliphatic rings. The minimum atomic E-state index is -0.674. The first-order chi connectivity index (χ1) is 13.9. The van der Waals surface area contributed by atoms with Crippen LogP contribution in [0.4, 0.5) is 26.2 Å². The van der Waals surface area contributed by atoms with Crippen molar-refractivity contribution in [2.75, 3.05) is 23.3 Å². The first-order valence-corrected chi connectivity index (χ1v) is 8.71. The van der Waals surface area contributed by atoms with E-state index in [1.807, 2.05) is 6.07 Å². The minimum absolute atomic E-state index is 0.0397. The van der Waals surface area contributed by atoms with Crippen molar-refractivity contribution in [1.29, 1.82) is 5.26 Å². The highest BCUT2D eigenvalue weighted by Crippen LogP contribution is 2.27. The van der Waals surface area contributed by atoms with E-state index in [1.165, 1.54) is 48.2 Å². The van der Waals surface area contributed by atoms with Gasteiger partial charge in [0.2, 0.25) is 11.3 Å². The monoisotopic (exact) mass is 396 g/mol. The van der Waals surface area contributed by atoms with Gasteiger partial charge in [-0.2, -0.15) is 5.26 Å². The fraction of sp³-hybridized carbons (Fsp3) is 0.200. The molecule has 1 fully saturated rings. The molecule has 1 heterocycles. The van der Waals surface area contributed by atoms with Gasteiger partial charge in [0, 0.05) is 6.92 Å². The maximum Gasteiger partial charge on any atom is 0.414 e. The standard InChI is InChI=1S/C20H17FN4O4/c1-12(26)23-10-15-11-25(20(28)29-15)14-4-6-17(16(21)8-14)24-18-5-2-13(9-22)3-7-19(18)27/h2-8,15H,10-11H2,1H3,(H,23,26)(H,24,27)/t15-/m0/s1. The predicted octanol–water partition coefficient (Wildman–Crippen LogP) is 2.26. The van der Waals surface area contributed by atoms with Crippen LogP contribution >= 0.6 is 0 Å². The van der Waals surface area contributed by atoms with Crippen molar-refractivity contribution >= 4 is 29.1 Å². The second-order valence-electron chi connectivity index (χ2n) is 6.35. The number of nitrogens with zero attached hydrogens (tertiary/aromatic N) is 2. The molecule has 2 aromatic rings. The van der Waals surface area contributed by atoms with E-state index in [0.717, 1.165) is 6.07 Å². The molecule has 1 aliphatic heterocycles. The molecule has 2 aromatic carbocycles. The number of benzene rings is 1. The fourth-order valence-corrected chi connectivity index (χ4v) is 2.76. The third-order valence-corrected chi connectivity index (χ3v) is 4.22. The summed E-state index contributed by atoms with van der Waals surface area (Å²) in [5, 5.41) is 14.2. The molecule has 148 valence electrons. The van der Waals surface area contributed by atoms with Crippen molar-refractivity contribution in [2.45, 2.75) is 13.0 Å². The molecule has 2 N–H and O–H groups in total. The summed E-state index contributed by atoms with van der Waals surface area (Å²) >= 11 is 0. The molecule has 0 aliphatic carbocycles. The van der Waals surface area contributed by atoms with Gasteiger partial charge in [0.05, 0.1) is 41.8 Å². The Morgan fingerprint density at radius 3 is 2.66 bits per heavy atom. The van der Waals surface area contributed by atoms with Crippen LogP contribution < -0.4 is 21.0 Å². The number of rotatable bonds is 5. The molecule has 0 unspecified atom stereocenters. The Bertz CT molecular complexity index is 1070. The van der Waals surface area contributed by atoms with Crippen LogP contribution in [0.1, 0.15) is 12.5 Å². The van der Waals surface area contributed by atoms with Crippen LogP contribution in [0.25, 0.3) is 0 Å². The van der Waals surface area contributed by atoms with Crippen LogP contribution in [-0.4, -0.2) is 31.2 Å². The number of amides is 2. The quantitative estimate of drug-likeness (QED) is 0.802. The lowest BCUT2D eigenvalue weighted by molar-refractivity contribution is -0.119. The molecule has 0 aromatic heterocycles. The molecule has 2 amide bonds. The number of nitrogens with one attached hydrogen (secondary N) is 2. The average Bonchev–Trinajstić information content (AvgIpc) is 2.97. The first kappa shape index (κ1) is 19.8. The fourth-order valence-electron chi connectivity index (χ4n) is 2.76. The Labute approximate surface area is 165 Å². The van der Waals surface area contributed by atoms with Crippen LogP contribution in [0.5, 0.6) is 0 Å². The summed E-state index contributed by atoms with van der Waals surface area (Å²) in [5.74, 6) is -0.915. The summed E-state index contributed by atoms with van der Waals surface area (Å²) in [4.78, 5) is 36.4. The predicted molar refractivity (Wildman–Crippen MR) is 103 cm³/mol. The lowest BCUT2D eigenvalue weighted by Gasteiger charge is -2.15. The number of nitriles is 1. The van der Waals surface area contributed by atoms with Crippen LogP contribution in [0.3, 0.4) is 0 Å². The number of ether oxygens (including phenoxy) is 1. The molecule has 0 bridgehead atoms. The van der Waals surface area contributed by atoms with E-state index in [4.69, 9.17) is 10.00 Å². The maximum absolute atomic E-state index is 14.6. The zero-order valence-corrected chi connectivity index (χ0v) is 15.4. The van der Waals surface area contributed by atoms with Gasteiger partial charge in [0.15, 0.2) is 0 Å². The van der Waals surface area contributed by atoms with Gasteiger partial charge in [-0.3, -0.25) is 14.5 Å². The molecule has 1 saturated heterocycles. The summed E-state index contributed by atoms with van der Waals surface area (Å²) < 4.78 is 19.7. The SMILES string of the molecule is CC(=O)NC[C@H]1CN(c2ccc(Nc3ccc(C#N)ccc3=O)c(F)c2)C(=O)O1. The minimum Gasteiger partial charge on any atom is -0.442 e. The van der Waals surface area contributed by atoms with E-state index >= 15 is 0 Å². The Morgan fingerprint density at radius 2 is 1.97 bits per heavy atom. The van der Waals surface area contributed by atoms with Gasteiger partial charge in [0.1, 0.15) is 11.9 Å². The topological polar surface area (TPSA) is 112 Å². The van der Waals surface area contributed by atoms with Gasteiger partial charge in [-0.15, -0.1) is 0 Å². The van der Waals surface area contributed by atoms with Crippen LogP contribution in [0.2, 0.25) is 0 Å². The second kappa shape index (κ2) is 8.39. The molecule has 3 rings (SSSR count). The van der Waals surface area contributed by atoms with Gasteiger partial charge in [-0.1, -0.05) is 0 Å². The molecule has 29 heavy (non-hydrogen) atoms. The van der Waals surface area contributed by atoms with Crippen molar-refractivity contribution in [3.05, 3.63) is 64.1 Å². The van der Waals surface area contributed by atoms with Crippen LogP contribution in [0, 0.1) is 17.1 Å². The van der Waals surface area contributed by atoms with Crippen molar-refractivity contribution in [3.63, 3.8) is 0 Å². The van der Waals surface area contributed by atoms with Gasteiger partial charge >= 0.3 is 6.09 Å². The summed E-state index contributed by atoms with van der Waals surface area (Å²) in [5.41, 5.74) is 0.328. The molecule has 0 saturated carbocycles. The Kier molecular flexibility index (Phi) is 5.74. The number of hydrogen-bond donors (Lipinski definition) is 2. The lowest BCUT2D eigenvalue weighted by Crippen LogP contribution is -2.33.